The van der Waals surface area contributed by atoms with Gasteiger partial charge in [-0.05, 0) is 26.2 Å². The van der Waals surface area contributed by atoms with Crippen molar-refractivity contribution in [1.29, 1.82) is 0 Å². The van der Waals surface area contributed by atoms with Crippen molar-refractivity contribution in [3.05, 3.63) is 0 Å². The first kappa shape index (κ1) is 13.7. The first-order valence-electron chi connectivity index (χ1n) is 6.72. The third kappa shape index (κ3) is 3.89. The molecule has 1 aliphatic rings. The predicted molar refractivity (Wildman–Crippen MR) is 66.3 cm³/mol. The van der Waals surface area contributed by atoms with Gasteiger partial charge in [0.2, 0.25) is 0 Å². The van der Waals surface area contributed by atoms with Crippen LogP contribution < -0.4 is 0 Å². The average Bonchev–Trinajstić information content (AvgIpc) is 2.19. The van der Waals surface area contributed by atoms with E-state index < -0.39 is 5.60 Å². The Morgan fingerprint density at radius 3 is 2.50 bits per heavy atom. The maximum atomic E-state index is 12.0. The normalized spacial score (nSPS) is 30.9. The van der Waals surface area contributed by atoms with Crippen LogP contribution in [0.3, 0.4) is 0 Å². The van der Waals surface area contributed by atoms with E-state index in [9.17, 15) is 9.90 Å². The van der Waals surface area contributed by atoms with E-state index in [0.717, 1.165) is 6.42 Å². The molecule has 0 aliphatic heterocycles. The molecule has 0 aromatic heterocycles. The smallest absolute Gasteiger partial charge is 0.138 e. The number of hydrogen-bond acceptors (Lipinski definition) is 2. The van der Waals surface area contributed by atoms with E-state index in [1.807, 2.05) is 13.8 Å². The van der Waals surface area contributed by atoms with Gasteiger partial charge in [-0.3, -0.25) is 4.79 Å². The summed E-state index contributed by atoms with van der Waals surface area (Å²) in [6, 6.07) is 0. The third-order valence-corrected chi connectivity index (χ3v) is 3.75. The zero-order chi connectivity index (χ0) is 12.2. The van der Waals surface area contributed by atoms with Crippen LogP contribution in [-0.2, 0) is 4.79 Å². The minimum Gasteiger partial charge on any atom is -0.390 e. The minimum absolute atomic E-state index is 0.135. The van der Waals surface area contributed by atoms with Crippen molar-refractivity contribution >= 4 is 5.78 Å². The maximum absolute atomic E-state index is 12.0. The summed E-state index contributed by atoms with van der Waals surface area (Å²) in [5, 5.41) is 9.61. The van der Waals surface area contributed by atoms with Gasteiger partial charge in [-0.25, -0.2) is 0 Å². The summed E-state index contributed by atoms with van der Waals surface area (Å²) < 4.78 is 0. The van der Waals surface area contributed by atoms with Crippen molar-refractivity contribution in [3.63, 3.8) is 0 Å². The SMILES string of the molecule is CCCCCCC(C)C(=O)C1CC(C)(O)C1. The van der Waals surface area contributed by atoms with Crippen LogP contribution in [-0.4, -0.2) is 16.5 Å². The molecule has 94 valence electrons. The fourth-order valence-electron chi connectivity index (χ4n) is 2.62. The van der Waals surface area contributed by atoms with Crippen LogP contribution in [0.2, 0.25) is 0 Å². The molecule has 0 radical (unpaired) electrons. The fourth-order valence-corrected chi connectivity index (χ4v) is 2.62. The van der Waals surface area contributed by atoms with E-state index in [2.05, 4.69) is 6.92 Å². The second-order valence-electron chi connectivity index (χ2n) is 5.75. The Morgan fingerprint density at radius 1 is 1.38 bits per heavy atom. The van der Waals surface area contributed by atoms with Gasteiger partial charge in [0.05, 0.1) is 5.60 Å². The van der Waals surface area contributed by atoms with Crippen LogP contribution in [0.4, 0.5) is 0 Å². The molecule has 1 saturated carbocycles. The molecular formula is C14H26O2. The van der Waals surface area contributed by atoms with Crippen LogP contribution >= 0.6 is 0 Å². The number of ketones is 1. The molecule has 0 spiro atoms. The second-order valence-corrected chi connectivity index (χ2v) is 5.75. The molecule has 0 aromatic carbocycles. The molecular weight excluding hydrogens is 200 g/mol. The first-order valence-corrected chi connectivity index (χ1v) is 6.72. The molecule has 16 heavy (non-hydrogen) atoms. The highest BCUT2D eigenvalue weighted by Gasteiger charge is 2.43. The van der Waals surface area contributed by atoms with Crippen molar-refractivity contribution in [2.24, 2.45) is 11.8 Å². The van der Waals surface area contributed by atoms with Crippen LogP contribution in [0.5, 0.6) is 0 Å². The number of unbranched alkanes of at least 4 members (excludes halogenated alkanes) is 3. The molecule has 1 unspecified atom stereocenters. The topological polar surface area (TPSA) is 37.3 Å². The number of aliphatic hydroxyl groups is 1. The number of Topliss-reactive ketones (excluding diaryl/α,β-unsaturated/α-hetero) is 1. The highest BCUT2D eigenvalue weighted by atomic mass is 16.3. The lowest BCUT2D eigenvalue weighted by atomic mass is 9.68. The van der Waals surface area contributed by atoms with Gasteiger partial charge in [-0.1, -0.05) is 39.5 Å². The average molecular weight is 226 g/mol. The summed E-state index contributed by atoms with van der Waals surface area (Å²) in [4.78, 5) is 12.0. The number of rotatable bonds is 7. The fraction of sp³-hybridized carbons (Fsp3) is 0.929. The molecule has 2 heteroatoms. The lowest BCUT2D eigenvalue weighted by Crippen LogP contribution is -2.45. The van der Waals surface area contributed by atoms with Crippen molar-refractivity contribution in [2.45, 2.75) is 71.3 Å². The van der Waals surface area contributed by atoms with Crippen molar-refractivity contribution in [2.75, 3.05) is 0 Å². The Labute approximate surface area is 99.4 Å². The van der Waals surface area contributed by atoms with Crippen molar-refractivity contribution in [1.82, 2.24) is 0 Å². The monoisotopic (exact) mass is 226 g/mol. The predicted octanol–water partition coefficient (Wildman–Crippen LogP) is 3.32. The molecule has 1 aliphatic carbocycles. The zero-order valence-electron chi connectivity index (χ0n) is 11.0. The number of carbonyl (C=O) groups is 1. The third-order valence-electron chi connectivity index (χ3n) is 3.75. The van der Waals surface area contributed by atoms with E-state index in [4.69, 9.17) is 0 Å². The summed E-state index contributed by atoms with van der Waals surface area (Å²) in [7, 11) is 0. The van der Waals surface area contributed by atoms with Gasteiger partial charge in [0.15, 0.2) is 0 Å². The number of hydrogen-bond donors (Lipinski definition) is 1. The van der Waals surface area contributed by atoms with Crippen LogP contribution in [0.15, 0.2) is 0 Å². The lowest BCUT2D eigenvalue weighted by Gasteiger charge is -2.41. The van der Waals surface area contributed by atoms with Gasteiger partial charge in [-0.2, -0.15) is 0 Å². The summed E-state index contributed by atoms with van der Waals surface area (Å²) in [6.07, 6.45) is 7.31. The summed E-state index contributed by atoms with van der Waals surface area (Å²) in [5.74, 6) is 0.706. The van der Waals surface area contributed by atoms with Crippen LogP contribution in [0.25, 0.3) is 0 Å². The van der Waals surface area contributed by atoms with Gasteiger partial charge in [0, 0.05) is 11.8 Å². The highest BCUT2D eigenvalue weighted by Crippen LogP contribution is 2.39. The molecule has 1 N–H and O–H groups in total. The Kier molecular flexibility index (Phi) is 4.97. The van der Waals surface area contributed by atoms with Crippen LogP contribution in [0, 0.1) is 11.8 Å². The molecule has 0 saturated heterocycles. The Bertz CT molecular complexity index is 225. The van der Waals surface area contributed by atoms with Gasteiger partial charge in [-0.15, -0.1) is 0 Å². The zero-order valence-corrected chi connectivity index (χ0v) is 11.0. The van der Waals surface area contributed by atoms with E-state index >= 15 is 0 Å². The summed E-state index contributed by atoms with van der Waals surface area (Å²) in [5.41, 5.74) is -0.567. The maximum Gasteiger partial charge on any atom is 0.138 e. The summed E-state index contributed by atoms with van der Waals surface area (Å²) in [6.45, 7) is 6.06. The molecule has 1 fully saturated rings. The minimum atomic E-state index is -0.567. The van der Waals surface area contributed by atoms with Crippen molar-refractivity contribution in [3.8, 4) is 0 Å². The van der Waals surface area contributed by atoms with Gasteiger partial charge in [0.25, 0.3) is 0 Å². The molecule has 2 nitrogen and oxygen atoms in total. The van der Waals surface area contributed by atoms with Crippen molar-refractivity contribution < 1.29 is 9.90 Å². The first-order chi connectivity index (χ1) is 7.46. The molecule has 0 bridgehead atoms. The Balaban J connectivity index is 2.17. The summed E-state index contributed by atoms with van der Waals surface area (Å²) >= 11 is 0. The molecule has 1 atom stereocenters. The standard InChI is InChI=1S/C14H26O2/c1-4-5-6-7-8-11(2)13(15)12-9-14(3,16)10-12/h11-12,16H,4-10H2,1-3H3. The lowest BCUT2D eigenvalue weighted by molar-refractivity contribution is -0.140. The largest absolute Gasteiger partial charge is 0.390 e. The van der Waals surface area contributed by atoms with Gasteiger partial charge in [0.1, 0.15) is 5.78 Å². The highest BCUT2D eigenvalue weighted by molar-refractivity contribution is 5.84. The molecule has 0 amide bonds. The quantitative estimate of drug-likeness (QED) is 0.676. The Hall–Kier alpha value is -0.370. The van der Waals surface area contributed by atoms with Gasteiger partial charge >= 0.3 is 0 Å². The van der Waals surface area contributed by atoms with E-state index in [0.29, 0.717) is 18.6 Å². The molecule has 0 heterocycles. The molecule has 0 aromatic rings. The molecule has 1 rings (SSSR count). The van der Waals surface area contributed by atoms with Crippen LogP contribution in [0.1, 0.15) is 65.7 Å². The van der Waals surface area contributed by atoms with E-state index in [1.54, 1.807) is 0 Å². The van der Waals surface area contributed by atoms with Gasteiger partial charge < -0.3 is 5.11 Å². The Morgan fingerprint density at radius 2 is 2.00 bits per heavy atom. The second kappa shape index (κ2) is 5.81. The van der Waals surface area contributed by atoms with E-state index in [-0.39, 0.29) is 11.8 Å². The van der Waals surface area contributed by atoms with E-state index in [1.165, 1.54) is 25.7 Å². The number of carbonyl (C=O) groups excluding carboxylic acids is 1.